The molecule has 0 saturated heterocycles. The standard InChI is InChI=1S/C2H5BrS/c3-1-2-4/h4H,1-2H2/i/hT. The summed E-state index contributed by atoms with van der Waals surface area (Å²) in [4.78, 5) is 0. The predicted molar refractivity (Wildman–Crippen MR) is 27.6 cm³/mol. The topological polar surface area (TPSA) is 0 Å². The lowest BCUT2D eigenvalue weighted by atomic mass is 11.0. The van der Waals surface area contributed by atoms with Crippen molar-refractivity contribution in [1.29, 1.82) is 1.12 Å². The molecule has 0 rings (SSSR count). The average Bonchev–Trinajstić information content (AvgIpc) is 1.41. The number of rotatable bonds is 2. The molecule has 4 heavy (non-hydrogen) atoms. The zero-order chi connectivity index (χ0) is 4.12. The Balaban J connectivity index is 2.19. The quantitative estimate of drug-likeness (QED) is 0.437. The van der Waals surface area contributed by atoms with E-state index in [1.165, 1.54) is 0 Å². The van der Waals surface area contributed by atoms with Gasteiger partial charge in [-0.05, 0) is 5.75 Å². The Morgan fingerprint density at radius 2 is 3.00 bits per heavy atom. The maximum atomic E-state index is 6.49. The molecule has 0 spiro atoms. The molecule has 0 fully saturated rings. The van der Waals surface area contributed by atoms with Crippen LogP contribution in [0.1, 0.15) is 0 Å². The Bertz CT molecular complexity index is 17.1. The summed E-state index contributed by atoms with van der Waals surface area (Å²) in [5.41, 5.74) is 0. The Hall–Kier alpha value is 0.830. The van der Waals surface area contributed by atoms with Crippen LogP contribution < -0.4 is 0 Å². The Morgan fingerprint density at radius 3 is 3.00 bits per heavy atom. The molecule has 0 heterocycles. The van der Waals surface area contributed by atoms with Crippen molar-refractivity contribution in [2.24, 2.45) is 0 Å². The first kappa shape index (κ1) is 3.04. The molecular weight excluding hydrogens is 136 g/mol. The van der Waals surface area contributed by atoms with Crippen molar-refractivity contribution in [2.45, 2.75) is 0 Å². The summed E-state index contributed by atoms with van der Waals surface area (Å²) in [7, 11) is 0. The molecular formula is C2H5BrS. The number of hydrogen-bond acceptors (Lipinski definition) is 1. The Morgan fingerprint density at radius 1 is 2.25 bits per heavy atom. The van der Waals surface area contributed by atoms with Gasteiger partial charge in [-0.2, -0.15) is 12.5 Å². The van der Waals surface area contributed by atoms with Crippen LogP contribution in [-0.2, 0) is 0 Å². The summed E-state index contributed by atoms with van der Waals surface area (Å²) < 4.78 is 6.49. The highest BCUT2D eigenvalue weighted by Crippen LogP contribution is 1.78. The van der Waals surface area contributed by atoms with E-state index in [0.29, 0.717) is 0 Å². The lowest BCUT2D eigenvalue weighted by molar-refractivity contribution is 1.60. The number of hydrogen-bond donors (Lipinski definition) is 1. The van der Waals surface area contributed by atoms with Gasteiger partial charge in [-0.25, -0.2) is 0 Å². The van der Waals surface area contributed by atoms with Gasteiger partial charge in [0.05, 0.1) is 0 Å². The smallest absolute Gasteiger partial charge is 0.102 e. The highest BCUT2D eigenvalue weighted by atomic mass is 79.9. The molecule has 0 saturated carbocycles. The predicted octanol–water partition coefficient (Wildman–Crippen LogP) is 1.31. The van der Waals surface area contributed by atoms with Crippen LogP contribution in [0.4, 0.5) is 0 Å². The third-order valence-electron chi connectivity index (χ3n) is 0.0772. The maximum Gasteiger partial charge on any atom is 0.102 e. The molecule has 0 aliphatic carbocycles. The fourth-order valence-corrected chi connectivity index (χ4v) is 0. The third-order valence-corrected chi connectivity index (χ3v) is 1.20. The van der Waals surface area contributed by atoms with E-state index >= 15 is 0 Å². The first-order chi connectivity index (χ1) is 2.41. The monoisotopic (exact) mass is 142 g/mol. The molecule has 0 unspecified atom stereocenters. The molecule has 0 N–H and O–H groups in total. The van der Waals surface area contributed by atoms with Crippen LogP contribution in [0.25, 0.3) is 0 Å². The van der Waals surface area contributed by atoms with Gasteiger partial charge in [0.2, 0.25) is 0 Å². The van der Waals surface area contributed by atoms with Gasteiger partial charge in [-0.1, -0.05) is 15.9 Å². The first-order valence-corrected chi connectivity index (χ1v) is 2.75. The minimum Gasteiger partial charge on any atom is -0.178 e. The van der Waals surface area contributed by atoms with Crippen LogP contribution in [0, 0.1) is 0 Å². The molecule has 0 aliphatic heterocycles. The number of alkyl halides is 1. The highest BCUT2D eigenvalue weighted by molar-refractivity contribution is 9.09. The fraction of sp³-hybridized carbons (Fsp3) is 1.00. The third kappa shape index (κ3) is 2.83. The SMILES string of the molecule is [3H]SCCBr. The van der Waals surface area contributed by atoms with Crippen LogP contribution in [0.15, 0.2) is 0 Å². The van der Waals surface area contributed by atoms with Crippen molar-refractivity contribution in [3.8, 4) is 0 Å². The van der Waals surface area contributed by atoms with E-state index in [1.807, 2.05) is 0 Å². The lowest BCUT2D eigenvalue weighted by Crippen LogP contribution is -1.63. The number of halogens is 1. The van der Waals surface area contributed by atoms with Gasteiger partial charge in [0.1, 0.15) is 1.12 Å². The van der Waals surface area contributed by atoms with Crippen LogP contribution in [-0.4, -0.2) is 12.2 Å². The second-order valence-corrected chi connectivity index (χ2v) is 1.59. The highest BCUT2D eigenvalue weighted by Gasteiger charge is 1.59. The normalized spacial score (nSPS) is 10.8. The van der Waals surface area contributed by atoms with Crippen LogP contribution in [0.3, 0.4) is 0 Å². The van der Waals surface area contributed by atoms with Crippen LogP contribution >= 0.6 is 28.5 Å². The second-order valence-electron chi connectivity index (χ2n) is 0.393. The summed E-state index contributed by atoms with van der Waals surface area (Å²) in [5.74, 6) is 0.889. The Labute approximate surface area is 41.2 Å². The van der Waals surface area contributed by atoms with E-state index in [4.69, 9.17) is 1.12 Å². The van der Waals surface area contributed by atoms with Crippen molar-refractivity contribution < 1.29 is 0 Å². The molecule has 0 atom stereocenters. The van der Waals surface area contributed by atoms with E-state index in [1.54, 1.807) is 0 Å². The van der Waals surface area contributed by atoms with Gasteiger partial charge in [-0.3, -0.25) is 0 Å². The van der Waals surface area contributed by atoms with Gasteiger partial charge in [0.15, 0.2) is 0 Å². The van der Waals surface area contributed by atoms with Gasteiger partial charge >= 0.3 is 0 Å². The van der Waals surface area contributed by atoms with E-state index in [9.17, 15) is 0 Å². The molecule has 0 aliphatic rings. The average molecular weight is 143 g/mol. The van der Waals surface area contributed by atoms with E-state index < -0.39 is 0 Å². The summed E-state index contributed by atoms with van der Waals surface area (Å²) in [6.45, 7) is 0. The minimum atomic E-state index is 0.889. The van der Waals surface area contributed by atoms with E-state index in [2.05, 4.69) is 15.9 Å². The van der Waals surface area contributed by atoms with Gasteiger partial charge in [0, 0.05) is 5.33 Å². The van der Waals surface area contributed by atoms with Crippen molar-refractivity contribution in [2.75, 3.05) is 11.1 Å². The van der Waals surface area contributed by atoms with Gasteiger partial charge < -0.3 is 0 Å². The second kappa shape index (κ2) is 3.83. The zero-order valence-electron chi connectivity index (χ0n) is 3.20. The van der Waals surface area contributed by atoms with E-state index in [-0.39, 0.29) is 0 Å². The molecule has 0 amide bonds. The van der Waals surface area contributed by atoms with E-state index in [0.717, 1.165) is 23.6 Å². The van der Waals surface area contributed by atoms with Crippen LogP contribution in [0.5, 0.6) is 0 Å². The zero-order valence-corrected chi connectivity index (χ0v) is 4.60. The first-order valence-electron chi connectivity index (χ1n) is 1.46. The largest absolute Gasteiger partial charge is 0.178 e. The summed E-state index contributed by atoms with van der Waals surface area (Å²) >= 11 is 4.27. The number of thiol groups is 1. The summed E-state index contributed by atoms with van der Waals surface area (Å²) in [5, 5.41) is 0.932. The van der Waals surface area contributed by atoms with Gasteiger partial charge in [-0.15, -0.1) is 0 Å². The molecule has 0 aromatic carbocycles. The fourth-order valence-electron chi connectivity index (χ4n) is 0. The van der Waals surface area contributed by atoms with Crippen molar-refractivity contribution in [3.05, 3.63) is 0 Å². The molecule has 0 aromatic heterocycles. The molecule has 0 aromatic rings. The molecule has 0 radical (unpaired) electrons. The molecule has 2 heteroatoms. The minimum absolute atomic E-state index is 0.889. The molecule has 0 bridgehead atoms. The molecule has 0 nitrogen and oxygen atoms in total. The van der Waals surface area contributed by atoms with Gasteiger partial charge in [0.25, 0.3) is 0 Å². The molecule has 26 valence electrons. The maximum absolute atomic E-state index is 6.49. The van der Waals surface area contributed by atoms with Crippen molar-refractivity contribution in [1.82, 2.24) is 0 Å². The summed E-state index contributed by atoms with van der Waals surface area (Å²) in [6, 6.07) is 0. The van der Waals surface area contributed by atoms with Crippen molar-refractivity contribution in [3.63, 3.8) is 0 Å². The van der Waals surface area contributed by atoms with Crippen molar-refractivity contribution >= 4 is 28.5 Å². The Kier molecular flexibility index (Phi) is 2.91. The summed E-state index contributed by atoms with van der Waals surface area (Å²) in [6.07, 6.45) is 0. The lowest BCUT2D eigenvalue weighted by Gasteiger charge is -1.65. The van der Waals surface area contributed by atoms with Crippen LogP contribution in [0.2, 0.25) is 0 Å².